The molecule has 116 valence electrons. The lowest BCUT2D eigenvalue weighted by atomic mass is 9.92. The molecule has 0 heterocycles. The summed E-state index contributed by atoms with van der Waals surface area (Å²) in [4.78, 5) is 0. The van der Waals surface area contributed by atoms with Crippen LogP contribution < -0.4 is 14.8 Å². The Morgan fingerprint density at radius 1 is 1.24 bits per heavy atom. The quantitative estimate of drug-likeness (QED) is 0.756. The summed E-state index contributed by atoms with van der Waals surface area (Å²) in [6.45, 7) is 10.6. The van der Waals surface area contributed by atoms with Gasteiger partial charge in [-0.3, -0.25) is 0 Å². The summed E-state index contributed by atoms with van der Waals surface area (Å²) in [6, 6.07) is 8.23. The van der Waals surface area contributed by atoms with E-state index in [0.29, 0.717) is 19.6 Å². The first-order valence-corrected chi connectivity index (χ1v) is 7.53. The standard InChI is InChI=1S/C17H26N2O2/c1-5-19-12-14-8-7-9-15(20-6-2)16(14)21-11-10-17(3,4)13-18/h7-9,19H,5-6,10-12H2,1-4H3. The third-order valence-corrected chi connectivity index (χ3v) is 3.20. The van der Waals surface area contributed by atoms with Crippen molar-refractivity contribution in [3.8, 4) is 17.6 Å². The molecule has 4 heteroatoms. The van der Waals surface area contributed by atoms with Crippen molar-refractivity contribution < 1.29 is 9.47 Å². The van der Waals surface area contributed by atoms with Crippen molar-refractivity contribution in [2.75, 3.05) is 19.8 Å². The zero-order chi connectivity index (χ0) is 15.7. The molecule has 21 heavy (non-hydrogen) atoms. The summed E-state index contributed by atoms with van der Waals surface area (Å²) in [5.41, 5.74) is 0.708. The van der Waals surface area contributed by atoms with Gasteiger partial charge in [0.2, 0.25) is 0 Å². The average Bonchev–Trinajstić information content (AvgIpc) is 2.47. The molecule has 0 saturated heterocycles. The summed E-state index contributed by atoms with van der Waals surface area (Å²) >= 11 is 0. The Morgan fingerprint density at radius 2 is 2.00 bits per heavy atom. The van der Waals surface area contributed by atoms with E-state index in [4.69, 9.17) is 14.7 Å². The molecular weight excluding hydrogens is 264 g/mol. The zero-order valence-corrected chi connectivity index (χ0v) is 13.5. The SMILES string of the molecule is CCNCc1cccc(OCC)c1OCCC(C)(C)C#N. The van der Waals surface area contributed by atoms with Crippen LogP contribution in [0.1, 0.15) is 39.7 Å². The number of hydrogen-bond acceptors (Lipinski definition) is 4. The number of nitrogens with one attached hydrogen (secondary N) is 1. The van der Waals surface area contributed by atoms with Crippen LogP contribution in [0.5, 0.6) is 11.5 Å². The molecule has 0 atom stereocenters. The van der Waals surface area contributed by atoms with Crippen LogP contribution in [0, 0.1) is 16.7 Å². The summed E-state index contributed by atoms with van der Waals surface area (Å²) < 4.78 is 11.6. The number of para-hydroxylation sites is 1. The molecule has 0 aliphatic rings. The normalized spacial score (nSPS) is 11.0. The molecular formula is C17H26N2O2. The van der Waals surface area contributed by atoms with Crippen LogP contribution in [0.4, 0.5) is 0 Å². The minimum atomic E-state index is -0.373. The molecule has 0 radical (unpaired) electrons. The molecule has 1 N–H and O–H groups in total. The highest BCUT2D eigenvalue weighted by atomic mass is 16.5. The van der Waals surface area contributed by atoms with Crippen LogP contribution in [-0.2, 0) is 6.54 Å². The van der Waals surface area contributed by atoms with Gasteiger partial charge in [0.1, 0.15) is 0 Å². The maximum Gasteiger partial charge on any atom is 0.165 e. The molecule has 0 bridgehead atoms. The fourth-order valence-electron chi connectivity index (χ4n) is 1.86. The van der Waals surface area contributed by atoms with Crippen LogP contribution in [0.25, 0.3) is 0 Å². The molecule has 0 saturated carbocycles. The molecule has 0 aliphatic heterocycles. The Hall–Kier alpha value is -1.73. The molecule has 4 nitrogen and oxygen atoms in total. The third-order valence-electron chi connectivity index (χ3n) is 3.20. The fraction of sp³-hybridized carbons (Fsp3) is 0.588. The second-order valence-electron chi connectivity index (χ2n) is 5.55. The number of rotatable bonds is 9. The lowest BCUT2D eigenvalue weighted by Gasteiger charge is -2.19. The van der Waals surface area contributed by atoms with Gasteiger partial charge in [0.05, 0.1) is 24.7 Å². The van der Waals surface area contributed by atoms with Crippen LogP contribution in [0.3, 0.4) is 0 Å². The minimum absolute atomic E-state index is 0.373. The van der Waals surface area contributed by atoms with Gasteiger partial charge in [0.25, 0.3) is 0 Å². The Kier molecular flexibility index (Phi) is 7.04. The van der Waals surface area contributed by atoms with E-state index in [2.05, 4.69) is 18.3 Å². The first kappa shape index (κ1) is 17.3. The highest BCUT2D eigenvalue weighted by Crippen LogP contribution is 2.32. The zero-order valence-electron chi connectivity index (χ0n) is 13.5. The Bertz CT molecular complexity index is 478. The van der Waals surface area contributed by atoms with Crippen molar-refractivity contribution in [2.24, 2.45) is 5.41 Å². The molecule has 0 aromatic heterocycles. The van der Waals surface area contributed by atoms with Crippen molar-refractivity contribution in [1.29, 1.82) is 5.26 Å². The molecule has 0 amide bonds. The lowest BCUT2D eigenvalue weighted by molar-refractivity contribution is 0.242. The number of hydrogen-bond donors (Lipinski definition) is 1. The van der Waals surface area contributed by atoms with E-state index in [0.717, 1.165) is 30.2 Å². The van der Waals surface area contributed by atoms with Crippen LogP contribution in [0.2, 0.25) is 0 Å². The predicted octanol–water partition coefficient (Wildman–Crippen LogP) is 3.51. The van der Waals surface area contributed by atoms with Gasteiger partial charge in [-0.25, -0.2) is 0 Å². The van der Waals surface area contributed by atoms with Crippen LogP contribution in [0.15, 0.2) is 18.2 Å². The summed E-state index contributed by atoms with van der Waals surface area (Å²) in [5.74, 6) is 1.55. The predicted molar refractivity (Wildman–Crippen MR) is 84.5 cm³/mol. The van der Waals surface area contributed by atoms with Crippen molar-refractivity contribution in [3.63, 3.8) is 0 Å². The fourth-order valence-corrected chi connectivity index (χ4v) is 1.86. The first-order chi connectivity index (χ1) is 10.0. The van der Waals surface area contributed by atoms with E-state index in [-0.39, 0.29) is 5.41 Å². The van der Waals surface area contributed by atoms with E-state index >= 15 is 0 Å². The van der Waals surface area contributed by atoms with Gasteiger partial charge < -0.3 is 14.8 Å². The largest absolute Gasteiger partial charge is 0.490 e. The third kappa shape index (κ3) is 5.65. The van der Waals surface area contributed by atoms with Gasteiger partial charge in [-0.15, -0.1) is 0 Å². The maximum absolute atomic E-state index is 9.06. The van der Waals surface area contributed by atoms with Gasteiger partial charge in [-0.2, -0.15) is 5.26 Å². The Balaban J connectivity index is 2.82. The number of nitrogens with zero attached hydrogens (tertiary/aromatic N) is 1. The summed E-state index contributed by atoms with van der Waals surface area (Å²) in [5, 5.41) is 12.4. The van der Waals surface area contributed by atoms with E-state index in [1.807, 2.05) is 39.0 Å². The van der Waals surface area contributed by atoms with E-state index in [1.54, 1.807) is 0 Å². The number of ether oxygens (including phenoxy) is 2. The van der Waals surface area contributed by atoms with Crippen molar-refractivity contribution in [2.45, 2.75) is 40.7 Å². The highest BCUT2D eigenvalue weighted by molar-refractivity contribution is 5.46. The van der Waals surface area contributed by atoms with Gasteiger partial charge in [0.15, 0.2) is 11.5 Å². The first-order valence-electron chi connectivity index (χ1n) is 7.53. The van der Waals surface area contributed by atoms with Crippen LogP contribution in [-0.4, -0.2) is 19.8 Å². The second-order valence-corrected chi connectivity index (χ2v) is 5.55. The maximum atomic E-state index is 9.06. The molecule has 0 spiro atoms. The monoisotopic (exact) mass is 290 g/mol. The van der Waals surface area contributed by atoms with Gasteiger partial charge >= 0.3 is 0 Å². The van der Waals surface area contributed by atoms with Gasteiger partial charge in [0, 0.05) is 12.1 Å². The number of benzene rings is 1. The van der Waals surface area contributed by atoms with Gasteiger partial charge in [-0.05, 0) is 39.8 Å². The topological polar surface area (TPSA) is 54.3 Å². The smallest absolute Gasteiger partial charge is 0.165 e. The molecule has 0 unspecified atom stereocenters. The van der Waals surface area contributed by atoms with Crippen molar-refractivity contribution in [3.05, 3.63) is 23.8 Å². The van der Waals surface area contributed by atoms with E-state index in [9.17, 15) is 0 Å². The summed E-state index contributed by atoms with van der Waals surface area (Å²) in [7, 11) is 0. The molecule has 1 rings (SSSR count). The Labute approximate surface area is 128 Å². The molecule has 0 aliphatic carbocycles. The lowest BCUT2D eigenvalue weighted by Crippen LogP contribution is -2.16. The second kappa shape index (κ2) is 8.53. The minimum Gasteiger partial charge on any atom is -0.490 e. The number of nitriles is 1. The summed E-state index contributed by atoms with van der Waals surface area (Å²) in [6.07, 6.45) is 0.685. The van der Waals surface area contributed by atoms with Crippen LogP contribution >= 0.6 is 0 Å². The average molecular weight is 290 g/mol. The van der Waals surface area contributed by atoms with Crippen molar-refractivity contribution >= 4 is 0 Å². The Morgan fingerprint density at radius 3 is 2.62 bits per heavy atom. The highest BCUT2D eigenvalue weighted by Gasteiger charge is 2.18. The van der Waals surface area contributed by atoms with E-state index < -0.39 is 0 Å². The van der Waals surface area contributed by atoms with Gasteiger partial charge in [-0.1, -0.05) is 19.1 Å². The van der Waals surface area contributed by atoms with E-state index in [1.165, 1.54) is 0 Å². The molecule has 1 aromatic rings. The molecule has 0 fully saturated rings. The van der Waals surface area contributed by atoms with Crippen molar-refractivity contribution in [1.82, 2.24) is 5.32 Å². The molecule has 1 aromatic carbocycles.